The van der Waals surface area contributed by atoms with Gasteiger partial charge in [0.1, 0.15) is 12.6 Å². The monoisotopic (exact) mass is 394 g/mol. The molecule has 0 amide bonds. The Bertz CT molecular complexity index is 634. The number of unbranched alkanes of at least 4 members (excludes halogenated alkanes) is 4. The second kappa shape index (κ2) is 14.7. The van der Waals surface area contributed by atoms with Gasteiger partial charge in [-0.3, -0.25) is 9.59 Å². The van der Waals surface area contributed by atoms with E-state index >= 15 is 0 Å². The van der Waals surface area contributed by atoms with Crippen LogP contribution in [0.15, 0.2) is 48.5 Å². The Labute approximate surface area is 175 Å². The fraction of sp³-hybridized carbons (Fsp3) is 0.440. The van der Waals surface area contributed by atoms with E-state index in [1.165, 1.54) is 43.2 Å². The normalized spacial score (nSPS) is 10.8. The van der Waals surface area contributed by atoms with Crippen molar-refractivity contribution >= 4 is 12.6 Å². The Morgan fingerprint density at radius 2 is 0.897 bits per heavy atom. The third kappa shape index (κ3) is 10.2. The number of carbonyl (C=O) groups excluding carboxylic acids is 2. The van der Waals surface area contributed by atoms with Gasteiger partial charge in [0.15, 0.2) is 0 Å². The molecule has 2 rings (SSSR count). The molecule has 0 fully saturated rings. The molecule has 0 aliphatic heterocycles. The SMILES string of the molecule is O=Cc1ccc(CCNCCCCCCCNCCc2ccc(C=O)cc2)cc1. The first-order valence-corrected chi connectivity index (χ1v) is 10.8. The molecule has 0 aliphatic carbocycles. The molecule has 2 aromatic rings. The van der Waals surface area contributed by atoms with Crippen molar-refractivity contribution in [2.24, 2.45) is 0 Å². The van der Waals surface area contributed by atoms with Crippen molar-refractivity contribution in [3.8, 4) is 0 Å². The molecule has 2 N–H and O–H groups in total. The molecule has 0 spiro atoms. The van der Waals surface area contributed by atoms with E-state index in [-0.39, 0.29) is 0 Å². The van der Waals surface area contributed by atoms with E-state index in [0.717, 1.165) is 62.7 Å². The number of carbonyl (C=O) groups is 2. The molecule has 0 aromatic heterocycles. The highest BCUT2D eigenvalue weighted by atomic mass is 16.1. The predicted molar refractivity (Wildman–Crippen MR) is 120 cm³/mol. The van der Waals surface area contributed by atoms with Gasteiger partial charge in [-0.1, -0.05) is 67.8 Å². The van der Waals surface area contributed by atoms with Gasteiger partial charge in [0.25, 0.3) is 0 Å². The number of nitrogens with one attached hydrogen (secondary N) is 2. The molecular weight excluding hydrogens is 360 g/mol. The molecule has 156 valence electrons. The highest BCUT2D eigenvalue weighted by Crippen LogP contribution is 2.05. The van der Waals surface area contributed by atoms with Crippen LogP contribution in [0.5, 0.6) is 0 Å². The van der Waals surface area contributed by atoms with Gasteiger partial charge in [-0.15, -0.1) is 0 Å². The summed E-state index contributed by atoms with van der Waals surface area (Å²) in [5.74, 6) is 0. The number of rotatable bonds is 16. The summed E-state index contributed by atoms with van der Waals surface area (Å²) in [7, 11) is 0. The Morgan fingerprint density at radius 3 is 1.28 bits per heavy atom. The average molecular weight is 395 g/mol. The van der Waals surface area contributed by atoms with Crippen LogP contribution in [-0.4, -0.2) is 38.8 Å². The molecule has 0 saturated heterocycles. The van der Waals surface area contributed by atoms with E-state index < -0.39 is 0 Å². The van der Waals surface area contributed by atoms with Gasteiger partial charge in [-0.2, -0.15) is 0 Å². The average Bonchev–Trinajstić information content (AvgIpc) is 2.77. The molecular formula is C25H34N2O2. The summed E-state index contributed by atoms with van der Waals surface area (Å²) in [6.45, 7) is 4.13. The standard InChI is InChI=1S/C25H34N2O2/c28-20-24-10-6-22(7-11-24)14-18-26-16-4-2-1-3-5-17-27-19-15-23-8-12-25(21-29)13-9-23/h6-13,20-21,26-27H,1-5,14-19H2. The highest BCUT2D eigenvalue weighted by molar-refractivity contribution is 5.75. The summed E-state index contributed by atoms with van der Waals surface area (Å²) in [5.41, 5.74) is 4.02. The van der Waals surface area contributed by atoms with E-state index in [4.69, 9.17) is 0 Å². The van der Waals surface area contributed by atoms with Crippen molar-refractivity contribution < 1.29 is 9.59 Å². The first kappa shape index (κ1) is 23.0. The summed E-state index contributed by atoms with van der Waals surface area (Å²) in [6, 6.07) is 15.6. The van der Waals surface area contributed by atoms with Crippen molar-refractivity contribution in [2.45, 2.75) is 44.9 Å². The van der Waals surface area contributed by atoms with Crippen molar-refractivity contribution in [2.75, 3.05) is 26.2 Å². The molecule has 0 aliphatic rings. The van der Waals surface area contributed by atoms with Gasteiger partial charge < -0.3 is 10.6 Å². The minimum atomic E-state index is 0.738. The van der Waals surface area contributed by atoms with Crippen LogP contribution < -0.4 is 10.6 Å². The first-order valence-electron chi connectivity index (χ1n) is 10.8. The third-order valence-corrected chi connectivity index (χ3v) is 5.12. The minimum Gasteiger partial charge on any atom is -0.316 e. The smallest absolute Gasteiger partial charge is 0.150 e. The second-order valence-electron chi connectivity index (χ2n) is 7.49. The van der Waals surface area contributed by atoms with Gasteiger partial charge in [0.2, 0.25) is 0 Å². The zero-order chi connectivity index (χ0) is 20.6. The van der Waals surface area contributed by atoms with Gasteiger partial charge >= 0.3 is 0 Å². The summed E-state index contributed by atoms with van der Waals surface area (Å²) in [5, 5.41) is 7.01. The molecule has 2 aromatic carbocycles. The lowest BCUT2D eigenvalue weighted by atomic mass is 10.1. The fourth-order valence-corrected chi connectivity index (χ4v) is 3.27. The Balaban J connectivity index is 1.35. The summed E-state index contributed by atoms with van der Waals surface area (Å²) in [6.07, 6.45) is 10.1. The fourth-order valence-electron chi connectivity index (χ4n) is 3.27. The lowest BCUT2D eigenvalue weighted by Crippen LogP contribution is -2.19. The van der Waals surface area contributed by atoms with Crippen LogP contribution in [0.2, 0.25) is 0 Å². The zero-order valence-corrected chi connectivity index (χ0v) is 17.4. The van der Waals surface area contributed by atoms with Gasteiger partial charge in [-0.25, -0.2) is 0 Å². The Kier molecular flexibility index (Phi) is 11.6. The van der Waals surface area contributed by atoms with Crippen LogP contribution in [0.1, 0.15) is 63.9 Å². The predicted octanol–water partition coefficient (Wildman–Crippen LogP) is 4.23. The Morgan fingerprint density at radius 1 is 0.517 bits per heavy atom. The van der Waals surface area contributed by atoms with Crippen molar-refractivity contribution in [1.82, 2.24) is 10.6 Å². The van der Waals surface area contributed by atoms with Gasteiger partial charge in [0.05, 0.1) is 0 Å². The molecule has 0 atom stereocenters. The van der Waals surface area contributed by atoms with Crippen LogP contribution in [0.4, 0.5) is 0 Å². The van der Waals surface area contributed by atoms with Gasteiger partial charge in [-0.05, 0) is 63.0 Å². The van der Waals surface area contributed by atoms with Crippen LogP contribution in [0.3, 0.4) is 0 Å². The molecule has 0 unspecified atom stereocenters. The van der Waals surface area contributed by atoms with Crippen molar-refractivity contribution in [3.63, 3.8) is 0 Å². The van der Waals surface area contributed by atoms with Gasteiger partial charge in [0, 0.05) is 11.1 Å². The molecule has 0 heterocycles. The lowest BCUT2D eigenvalue weighted by Gasteiger charge is -2.07. The largest absolute Gasteiger partial charge is 0.316 e. The molecule has 0 radical (unpaired) electrons. The van der Waals surface area contributed by atoms with Crippen LogP contribution in [0, 0.1) is 0 Å². The molecule has 4 nitrogen and oxygen atoms in total. The van der Waals surface area contributed by atoms with E-state index in [1.54, 1.807) is 0 Å². The van der Waals surface area contributed by atoms with E-state index in [9.17, 15) is 9.59 Å². The second-order valence-corrected chi connectivity index (χ2v) is 7.49. The maximum Gasteiger partial charge on any atom is 0.150 e. The van der Waals surface area contributed by atoms with Crippen LogP contribution in [-0.2, 0) is 12.8 Å². The van der Waals surface area contributed by atoms with E-state index in [2.05, 4.69) is 10.6 Å². The number of hydrogen-bond acceptors (Lipinski definition) is 4. The maximum atomic E-state index is 10.6. The number of benzene rings is 2. The molecule has 4 heteroatoms. The topological polar surface area (TPSA) is 58.2 Å². The summed E-state index contributed by atoms with van der Waals surface area (Å²) in [4.78, 5) is 21.3. The third-order valence-electron chi connectivity index (χ3n) is 5.12. The molecule has 0 saturated carbocycles. The first-order chi connectivity index (χ1) is 14.3. The van der Waals surface area contributed by atoms with Crippen LogP contribution in [0.25, 0.3) is 0 Å². The summed E-state index contributed by atoms with van der Waals surface area (Å²) >= 11 is 0. The van der Waals surface area contributed by atoms with E-state index in [0.29, 0.717) is 0 Å². The quantitative estimate of drug-likeness (QED) is 0.330. The van der Waals surface area contributed by atoms with Crippen LogP contribution >= 0.6 is 0 Å². The summed E-state index contributed by atoms with van der Waals surface area (Å²) < 4.78 is 0. The van der Waals surface area contributed by atoms with Crippen molar-refractivity contribution in [3.05, 3.63) is 70.8 Å². The number of aldehydes is 2. The lowest BCUT2D eigenvalue weighted by molar-refractivity contribution is 0.111. The molecule has 0 bridgehead atoms. The van der Waals surface area contributed by atoms with Crippen molar-refractivity contribution in [1.29, 1.82) is 0 Å². The Hall–Kier alpha value is -2.30. The van der Waals surface area contributed by atoms with E-state index in [1.807, 2.05) is 48.5 Å². The molecule has 29 heavy (non-hydrogen) atoms. The highest BCUT2D eigenvalue weighted by Gasteiger charge is 1.96. The zero-order valence-electron chi connectivity index (χ0n) is 17.4. The number of hydrogen-bond donors (Lipinski definition) is 2. The maximum absolute atomic E-state index is 10.6. The minimum absolute atomic E-state index is 0.738.